The molecule has 2 saturated carbocycles. The number of fused-ring (bicyclic) bond motifs is 1. The third kappa shape index (κ3) is 4.10. The van der Waals surface area contributed by atoms with Gasteiger partial charge in [0, 0.05) is 11.4 Å². The van der Waals surface area contributed by atoms with E-state index in [1.165, 1.54) is 0 Å². The lowest BCUT2D eigenvalue weighted by Crippen LogP contribution is -2.57. The van der Waals surface area contributed by atoms with Gasteiger partial charge in [-0.2, -0.15) is 5.10 Å². The van der Waals surface area contributed by atoms with Crippen LogP contribution in [0.2, 0.25) is 5.02 Å². The number of carboxylic acid groups (broad SMARTS) is 1. The molecular weight excluding hydrogens is 497 g/mol. The van der Waals surface area contributed by atoms with Crippen molar-refractivity contribution in [1.82, 2.24) is 15.1 Å². The molecule has 38 heavy (non-hydrogen) atoms. The fourth-order valence-electron chi connectivity index (χ4n) is 6.38. The molecule has 6 rings (SSSR count). The molecule has 0 aliphatic heterocycles. The summed E-state index contributed by atoms with van der Waals surface area (Å²) in [5.41, 5.74) is 4.14. The summed E-state index contributed by atoms with van der Waals surface area (Å²) in [7, 11) is 2.09. The van der Waals surface area contributed by atoms with Gasteiger partial charge in [0.05, 0.1) is 33.7 Å². The molecule has 1 atom stereocenters. The number of benzene rings is 3. The molecule has 192 valence electrons. The Morgan fingerprint density at radius 3 is 2.34 bits per heavy atom. The van der Waals surface area contributed by atoms with Gasteiger partial charge in [0.15, 0.2) is 0 Å². The Balaban J connectivity index is 1.27. The second kappa shape index (κ2) is 9.02. The average molecular weight is 526 g/mol. The van der Waals surface area contributed by atoms with Gasteiger partial charge < -0.3 is 10.4 Å². The number of carbonyl (C=O) groups is 2. The Labute approximate surface area is 227 Å². The molecule has 1 unspecified atom stereocenters. The minimum absolute atomic E-state index is 0.0536. The molecule has 2 aliphatic carbocycles. The molecule has 0 bridgehead atoms. The lowest BCUT2D eigenvalue weighted by atomic mass is 9.50. The van der Waals surface area contributed by atoms with Crippen LogP contribution in [-0.2, 0) is 10.2 Å². The van der Waals surface area contributed by atoms with Gasteiger partial charge in [0.1, 0.15) is 7.85 Å². The lowest BCUT2D eigenvalue weighted by Gasteiger charge is -2.56. The van der Waals surface area contributed by atoms with Gasteiger partial charge in [-0.15, -0.1) is 0 Å². The summed E-state index contributed by atoms with van der Waals surface area (Å²) in [6, 6.07) is 22.3. The Bertz CT molecular complexity index is 1530. The fraction of sp³-hybridized carbons (Fsp3) is 0.300. The number of nitrogens with zero attached hydrogens (tertiary/aromatic N) is 2. The maximum atomic E-state index is 13.5. The first kappa shape index (κ1) is 24.7. The van der Waals surface area contributed by atoms with Crippen LogP contribution in [0.5, 0.6) is 0 Å². The molecule has 0 saturated heterocycles. The van der Waals surface area contributed by atoms with Crippen LogP contribution in [0.1, 0.15) is 48.5 Å². The number of hydrogen-bond acceptors (Lipinski definition) is 3. The largest absolute Gasteiger partial charge is 0.481 e. The van der Waals surface area contributed by atoms with Crippen molar-refractivity contribution in [2.75, 3.05) is 0 Å². The smallest absolute Gasteiger partial charge is 0.306 e. The molecule has 2 N–H and O–H groups in total. The second-order valence-electron chi connectivity index (χ2n) is 11.4. The number of rotatable bonds is 6. The van der Waals surface area contributed by atoms with Gasteiger partial charge in [0.25, 0.3) is 5.91 Å². The van der Waals surface area contributed by atoms with Crippen molar-refractivity contribution < 1.29 is 14.7 Å². The highest BCUT2D eigenvalue weighted by Crippen LogP contribution is 2.58. The van der Waals surface area contributed by atoms with Gasteiger partial charge in [-0.3, -0.25) is 14.3 Å². The zero-order valence-electron chi connectivity index (χ0n) is 21.4. The molecule has 1 spiro atoms. The minimum Gasteiger partial charge on any atom is -0.481 e. The molecule has 2 fully saturated rings. The molecule has 1 amide bonds. The highest BCUT2D eigenvalue weighted by Gasteiger charge is 2.55. The van der Waals surface area contributed by atoms with E-state index in [0.29, 0.717) is 28.9 Å². The van der Waals surface area contributed by atoms with E-state index < -0.39 is 11.4 Å². The van der Waals surface area contributed by atoms with Crippen molar-refractivity contribution >= 4 is 42.2 Å². The molecular formula is C30H29BClN3O3. The van der Waals surface area contributed by atoms with Crippen molar-refractivity contribution in [3.8, 4) is 11.1 Å². The second-order valence-corrected chi connectivity index (χ2v) is 11.8. The van der Waals surface area contributed by atoms with E-state index in [1.807, 2.05) is 22.9 Å². The van der Waals surface area contributed by atoms with Gasteiger partial charge >= 0.3 is 5.97 Å². The summed E-state index contributed by atoms with van der Waals surface area (Å²) in [5, 5.41) is 18.4. The monoisotopic (exact) mass is 525 g/mol. The van der Waals surface area contributed by atoms with E-state index in [-0.39, 0.29) is 23.3 Å². The predicted octanol–water partition coefficient (Wildman–Crippen LogP) is 5.08. The van der Waals surface area contributed by atoms with E-state index in [4.69, 9.17) is 16.7 Å². The highest BCUT2D eigenvalue weighted by atomic mass is 35.5. The molecule has 1 heterocycles. The standard InChI is InChI=1S/C30H29BClN3O3/c1-29(31,21-9-7-19(8-10-21)18-5-3-2-4-6-18)35-26-23(11-12-25(32)24(26)17-33-35)27(36)34-22-15-30(16-22)13-20(14-30)28(37)38/h2-12,17,20,22H,13-16,31H2,1H3,(H,34,36)(H,37,38). The first-order valence-electron chi connectivity index (χ1n) is 13.0. The topological polar surface area (TPSA) is 84.2 Å². The third-order valence-electron chi connectivity index (χ3n) is 8.55. The number of halogens is 1. The first-order valence-corrected chi connectivity index (χ1v) is 13.4. The molecule has 4 aromatic rings. The zero-order valence-corrected chi connectivity index (χ0v) is 22.2. The van der Waals surface area contributed by atoms with Gasteiger partial charge in [-0.25, -0.2) is 0 Å². The minimum atomic E-state index is -0.711. The van der Waals surface area contributed by atoms with Crippen molar-refractivity contribution in [2.45, 2.75) is 44.1 Å². The number of amides is 1. The zero-order chi connectivity index (χ0) is 26.7. The summed E-state index contributed by atoms with van der Waals surface area (Å²) < 4.78 is 1.90. The van der Waals surface area contributed by atoms with Crippen LogP contribution in [0.15, 0.2) is 72.9 Å². The van der Waals surface area contributed by atoms with E-state index in [2.05, 4.69) is 56.5 Å². The van der Waals surface area contributed by atoms with Crippen LogP contribution >= 0.6 is 11.6 Å². The third-order valence-corrected chi connectivity index (χ3v) is 8.88. The van der Waals surface area contributed by atoms with Crippen LogP contribution in [-0.4, -0.2) is 40.7 Å². The molecule has 6 nitrogen and oxygen atoms in total. The maximum absolute atomic E-state index is 13.5. The highest BCUT2D eigenvalue weighted by molar-refractivity contribution is 6.36. The number of aromatic nitrogens is 2. The molecule has 1 aromatic heterocycles. The van der Waals surface area contributed by atoms with Gasteiger partial charge in [-0.05, 0) is 66.8 Å². The van der Waals surface area contributed by atoms with Crippen molar-refractivity contribution in [2.24, 2.45) is 11.3 Å². The Morgan fingerprint density at radius 2 is 1.68 bits per heavy atom. The normalized spacial score (nSPS) is 23.8. The summed E-state index contributed by atoms with van der Waals surface area (Å²) in [6.07, 6.45) is 4.82. The van der Waals surface area contributed by atoms with Gasteiger partial charge in [-0.1, -0.05) is 66.2 Å². The maximum Gasteiger partial charge on any atom is 0.306 e. The van der Waals surface area contributed by atoms with Crippen LogP contribution in [0, 0.1) is 11.3 Å². The number of carboxylic acids is 1. The Morgan fingerprint density at radius 1 is 1.03 bits per heavy atom. The summed E-state index contributed by atoms with van der Waals surface area (Å²) >= 11 is 6.55. The fourth-order valence-corrected chi connectivity index (χ4v) is 6.58. The Kier molecular flexibility index (Phi) is 5.87. The number of nitrogens with one attached hydrogen (secondary N) is 1. The average Bonchev–Trinajstić information content (AvgIpc) is 3.32. The van der Waals surface area contributed by atoms with Gasteiger partial charge in [0.2, 0.25) is 0 Å². The van der Waals surface area contributed by atoms with E-state index in [9.17, 15) is 14.7 Å². The SMILES string of the molecule is BC(C)(c1ccc(-c2ccccc2)cc1)n1ncc2c(Cl)ccc(C(=O)NC3CC4(C3)CC(C(=O)O)C4)c21. The van der Waals surface area contributed by atoms with Crippen molar-refractivity contribution in [1.29, 1.82) is 0 Å². The first-order chi connectivity index (χ1) is 18.2. The predicted molar refractivity (Wildman–Crippen MR) is 151 cm³/mol. The molecule has 0 radical (unpaired) electrons. The van der Waals surface area contributed by atoms with Crippen LogP contribution < -0.4 is 5.32 Å². The summed E-state index contributed by atoms with van der Waals surface area (Å²) in [5.74, 6) is -1.10. The molecule has 2 aliphatic rings. The van der Waals surface area contributed by atoms with E-state index in [0.717, 1.165) is 34.9 Å². The van der Waals surface area contributed by atoms with Crippen molar-refractivity contribution in [3.63, 3.8) is 0 Å². The number of aliphatic carboxylic acids is 1. The van der Waals surface area contributed by atoms with Crippen molar-refractivity contribution in [3.05, 3.63) is 89.1 Å². The van der Waals surface area contributed by atoms with Crippen LogP contribution in [0.3, 0.4) is 0 Å². The van der Waals surface area contributed by atoms with Crippen LogP contribution in [0.25, 0.3) is 22.0 Å². The van der Waals surface area contributed by atoms with Crippen LogP contribution in [0.4, 0.5) is 0 Å². The Hall–Kier alpha value is -3.58. The molecule has 3 aromatic carbocycles. The lowest BCUT2D eigenvalue weighted by molar-refractivity contribution is -0.155. The summed E-state index contributed by atoms with van der Waals surface area (Å²) in [6.45, 7) is 2.09. The molecule has 8 heteroatoms. The number of carbonyl (C=O) groups excluding carboxylic acids is 1. The quantitative estimate of drug-likeness (QED) is 0.344. The van der Waals surface area contributed by atoms with E-state index >= 15 is 0 Å². The van der Waals surface area contributed by atoms with E-state index in [1.54, 1.807) is 18.3 Å². The summed E-state index contributed by atoms with van der Waals surface area (Å²) in [4.78, 5) is 24.7. The number of hydrogen-bond donors (Lipinski definition) is 2.